The lowest BCUT2D eigenvalue weighted by Crippen LogP contribution is -2.41. The zero-order valence-corrected chi connectivity index (χ0v) is 16.8. The summed E-state index contributed by atoms with van der Waals surface area (Å²) in [5, 5.41) is 9.13. The van der Waals surface area contributed by atoms with Gasteiger partial charge in [-0.2, -0.15) is 0 Å². The zero-order chi connectivity index (χ0) is 16.9. The lowest BCUT2D eigenvalue weighted by Gasteiger charge is -2.12. The molecule has 0 unspecified atom stereocenters. The van der Waals surface area contributed by atoms with Crippen LogP contribution in [-0.2, 0) is 4.74 Å². The van der Waals surface area contributed by atoms with Gasteiger partial charge < -0.3 is 25.4 Å². The molecule has 0 saturated heterocycles. The van der Waals surface area contributed by atoms with Gasteiger partial charge in [-0.05, 0) is 25.1 Å². The van der Waals surface area contributed by atoms with Crippen LogP contribution < -0.4 is 20.7 Å². The first-order valence-corrected chi connectivity index (χ1v) is 7.64. The van der Waals surface area contributed by atoms with Crippen molar-refractivity contribution in [2.24, 2.45) is 4.99 Å². The van der Waals surface area contributed by atoms with Crippen molar-refractivity contribution in [3.8, 4) is 5.75 Å². The van der Waals surface area contributed by atoms with Crippen LogP contribution in [0.1, 0.15) is 17.3 Å². The first kappa shape index (κ1) is 22.4. The van der Waals surface area contributed by atoms with Crippen LogP contribution in [-0.4, -0.2) is 58.9 Å². The summed E-state index contributed by atoms with van der Waals surface area (Å²) in [4.78, 5) is 16.4. The van der Waals surface area contributed by atoms with Gasteiger partial charge in [-0.1, -0.05) is 6.07 Å². The maximum absolute atomic E-state index is 12.0. The molecule has 0 aliphatic rings. The molecule has 1 amide bonds. The Kier molecular flexibility index (Phi) is 13.0. The summed E-state index contributed by atoms with van der Waals surface area (Å²) in [6.45, 7) is 5.00. The number of hydrogen-bond acceptors (Lipinski definition) is 4. The largest absolute Gasteiger partial charge is 0.497 e. The van der Waals surface area contributed by atoms with E-state index in [1.165, 1.54) is 0 Å². The Bertz CT molecular complexity index is 512. The third-order valence-electron chi connectivity index (χ3n) is 2.94. The second kappa shape index (κ2) is 13.8. The van der Waals surface area contributed by atoms with Crippen molar-refractivity contribution in [3.05, 3.63) is 29.8 Å². The molecule has 1 aromatic carbocycles. The molecule has 0 radical (unpaired) electrons. The van der Waals surface area contributed by atoms with E-state index in [4.69, 9.17) is 9.47 Å². The van der Waals surface area contributed by atoms with Crippen molar-refractivity contribution in [1.29, 1.82) is 0 Å². The van der Waals surface area contributed by atoms with Crippen LogP contribution in [0.4, 0.5) is 0 Å². The topological polar surface area (TPSA) is 84.0 Å². The monoisotopic (exact) mass is 450 g/mol. The van der Waals surface area contributed by atoms with E-state index < -0.39 is 0 Å². The molecule has 0 heterocycles. The highest BCUT2D eigenvalue weighted by Crippen LogP contribution is 2.11. The van der Waals surface area contributed by atoms with Crippen molar-refractivity contribution in [2.45, 2.75) is 6.92 Å². The Morgan fingerprint density at radius 3 is 2.58 bits per heavy atom. The summed E-state index contributed by atoms with van der Waals surface area (Å²) in [6, 6.07) is 7.05. The summed E-state index contributed by atoms with van der Waals surface area (Å²) < 4.78 is 10.1. The van der Waals surface area contributed by atoms with Crippen LogP contribution in [0.5, 0.6) is 5.75 Å². The third kappa shape index (κ3) is 8.92. The number of nitrogens with zero attached hydrogens (tertiary/aromatic N) is 1. The normalized spacial score (nSPS) is 10.5. The number of amides is 1. The zero-order valence-electron chi connectivity index (χ0n) is 14.4. The highest BCUT2D eigenvalue weighted by Gasteiger charge is 2.05. The highest BCUT2D eigenvalue weighted by molar-refractivity contribution is 14.0. The molecule has 136 valence electrons. The molecule has 0 bridgehead atoms. The fourth-order valence-electron chi connectivity index (χ4n) is 1.81. The number of aliphatic imine (C=N–C) groups is 1. The van der Waals surface area contributed by atoms with Crippen molar-refractivity contribution in [2.75, 3.05) is 47.0 Å². The fraction of sp³-hybridized carbons (Fsp3) is 0.500. The molecule has 0 spiro atoms. The van der Waals surface area contributed by atoms with Gasteiger partial charge in [0.2, 0.25) is 0 Å². The highest BCUT2D eigenvalue weighted by atomic mass is 127. The predicted octanol–water partition coefficient (Wildman–Crippen LogP) is 1.24. The van der Waals surface area contributed by atoms with Crippen LogP contribution in [0.3, 0.4) is 0 Å². The molecule has 24 heavy (non-hydrogen) atoms. The predicted molar refractivity (Wildman–Crippen MR) is 107 cm³/mol. The summed E-state index contributed by atoms with van der Waals surface area (Å²) in [6.07, 6.45) is 0. The van der Waals surface area contributed by atoms with Gasteiger partial charge in [-0.15, -0.1) is 24.0 Å². The Morgan fingerprint density at radius 2 is 1.92 bits per heavy atom. The number of hydrogen-bond donors (Lipinski definition) is 3. The SMILES string of the molecule is CCNC(=NCCOC)NCCNC(=O)c1cccc(OC)c1.I. The summed E-state index contributed by atoms with van der Waals surface area (Å²) in [7, 11) is 3.22. The fourth-order valence-corrected chi connectivity index (χ4v) is 1.81. The van der Waals surface area contributed by atoms with E-state index in [0.29, 0.717) is 43.5 Å². The van der Waals surface area contributed by atoms with Gasteiger partial charge in [-0.3, -0.25) is 9.79 Å². The number of guanidine groups is 1. The van der Waals surface area contributed by atoms with E-state index >= 15 is 0 Å². The first-order chi connectivity index (χ1) is 11.2. The van der Waals surface area contributed by atoms with Crippen LogP contribution in [0.15, 0.2) is 29.3 Å². The Hall–Kier alpha value is -1.55. The number of carbonyl (C=O) groups is 1. The quantitative estimate of drug-likeness (QED) is 0.228. The minimum atomic E-state index is -0.132. The molecule has 0 fully saturated rings. The summed E-state index contributed by atoms with van der Waals surface area (Å²) >= 11 is 0. The summed E-state index contributed by atoms with van der Waals surface area (Å²) in [5.41, 5.74) is 0.574. The Morgan fingerprint density at radius 1 is 1.17 bits per heavy atom. The van der Waals surface area contributed by atoms with E-state index in [1.807, 2.05) is 6.92 Å². The minimum absolute atomic E-state index is 0. The van der Waals surface area contributed by atoms with Gasteiger partial charge in [0.15, 0.2) is 5.96 Å². The first-order valence-electron chi connectivity index (χ1n) is 7.64. The molecule has 7 nitrogen and oxygen atoms in total. The van der Waals surface area contributed by atoms with Gasteiger partial charge in [0.1, 0.15) is 5.75 Å². The molecular formula is C16H27IN4O3. The number of methoxy groups -OCH3 is 2. The molecule has 1 rings (SSSR count). The molecule has 3 N–H and O–H groups in total. The number of ether oxygens (including phenoxy) is 2. The number of halogens is 1. The van der Waals surface area contributed by atoms with E-state index in [2.05, 4.69) is 20.9 Å². The number of nitrogens with one attached hydrogen (secondary N) is 3. The average Bonchev–Trinajstić information content (AvgIpc) is 2.58. The van der Waals surface area contributed by atoms with Crippen molar-refractivity contribution < 1.29 is 14.3 Å². The third-order valence-corrected chi connectivity index (χ3v) is 2.94. The Labute approximate surface area is 160 Å². The standard InChI is InChI=1S/C16H26N4O3.HI/c1-4-17-16(20-10-11-22-2)19-9-8-18-15(21)13-6-5-7-14(12-13)23-3;/h5-7,12H,4,8-11H2,1-3H3,(H,18,21)(H2,17,19,20);1H. The van der Waals surface area contributed by atoms with Crippen LogP contribution >= 0.6 is 24.0 Å². The van der Waals surface area contributed by atoms with Crippen LogP contribution in [0.2, 0.25) is 0 Å². The number of carbonyl (C=O) groups excluding carboxylic acids is 1. The lowest BCUT2D eigenvalue weighted by atomic mass is 10.2. The van der Waals surface area contributed by atoms with Crippen molar-refractivity contribution in [3.63, 3.8) is 0 Å². The van der Waals surface area contributed by atoms with Gasteiger partial charge in [0, 0.05) is 32.3 Å². The van der Waals surface area contributed by atoms with Crippen LogP contribution in [0, 0.1) is 0 Å². The maximum Gasteiger partial charge on any atom is 0.251 e. The van der Waals surface area contributed by atoms with Gasteiger partial charge in [0.05, 0.1) is 20.3 Å². The van der Waals surface area contributed by atoms with E-state index in [1.54, 1.807) is 38.5 Å². The molecular weight excluding hydrogens is 423 g/mol. The van der Waals surface area contributed by atoms with Crippen molar-refractivity contribution >= 4 is 35.8 Å². The smallest absolute Gasteiger partial charge is 0.251 e. The molecule has 0 aromatic heterocycles. The Balaban J connectivity index is 0.00000529. The van der Waals surface area contributed by atoms with Crippen LogP contribution in [0.25, 0.3) is 0 Å². The lowest BCUT2D eigenvalue weighted by molar-refractivity contribution is 0.0954. The minimum Gasteiger partial charge on any atom is -0.497 e. The number of benzene rings is 1. The van der Waals surface area contributed by atoms with Gasteiger partial charge in [0.25, 0.3) is 5.91 Å². The van der Waals surface area contributed by atoms with Gasteiger partial charge >= 0.3 is 0 Å². The van der Waals surface area contributed by atoms with E-state index in [9.17, 15) is 4.79 Å². The molecule has 0 atom stereocenters. The second-order valence-electron chi connectivity index (χ2n) is 4.67. The average molecular weight is 450 g/mol. The van der Waals surface area contributed by atoms with Crippen molar-refractivity contribution in [1.82, 2.24) is 16.0 Å². The second-order valence-corrected chi connectivity index (χ2v) is 4.67. The maximum atomic E-state index is 12.0. The molecule has 1 aromatic rings. The van der Waals surface area contributed by atoms with E-state index in [-0.39, 0.29) is 29.9 Å². The summed E-state index contributed by atoms with van der Waals surface area (Å²) in [5.74, 6) is 1.24. The molecule has 0 aliphatic carbocycles. The number of rotatable bonds is 9. The molecule has 8 heteroatoms. The van der Waals surface area contributed by atoms with E-state index in [0.717, 1.165) is 6.54 Å². The molecule has 0 saturated carbocycles. The molecule has 0 aliphatic heterocycles. The van der Waals surface area contributed by atoms with Gasteiger partial charge in [-0.25, -0.2) is 0 Å².